The second-order valence-electron chi connectivity index (χ2n) is 22.3. The third-order valence-corrected chi connectivity index (χ3v) is 16.2. The monoisotopic (exact) mass is 1160 g/mol. The van der Waals surface area contributed by atoms with Crippen molar-refractivity contribution in [3.63, 3.8) is 0 Å². The smallest absolute Gasteiger partial charge is 0.377 e. The first-order chi connectivity index (χ1) is 41.2. The van der Waals surface area contributed by atoms with Crippen molar-refractivity contribution in [3.05, 3.63) is 155 Å². The van der Waals surface area contributed by atoms with Gasteiger partial charge in [0, 0.05) is 42.5 Å². The highest BCUT2D eigenvalue weighted by Gasteiger charge is 2.33. The maximum atomic E-state index is 14.7. The number of ketones is 2. The highest BCUT2D eigenvalue weighted by molar-refractivity contribution is 6.43. The molecule has 1 amide bonds. The SMILES string of the molecule is N[C@H](CN1CCC1)[C@H](O)c1cc(F)c2c(c1)OCCO2.O=C(N[C@H](CN1CCC1)[C@H](O)c1cc(F)c2c(c1)OCCO2)C(=O)c1ccc(-c2ccc3cnn(C4CC4)c3c2)cc1.O=C(O)C(=O)c1ccc(-c2ccc3cnn(C4CC4)c3c2)cc1.[HH]. The number of fused-ring (bicyclic) bond motifs is 4. The number of carbonyl (C=O) groups is 4. The quantitative estimate of drug-likeness (QED) is 0.0425. The number of halogens is 2. The minimum absolute atomic E-state index is 0. The van der Waals surface area contributed by atoms with E-state index in [1.807, 2.05) is 48.8 Å². The summed E-state index contributed by atoms with van der Waals surface area (Å²) < 4.78 is 54.2. The zero-order chi connectivity index (χ0) is 58.9. The lowest BCUT2D eigenvalue weighted by Crippen LogP contribution is -2.52. The normalized spacial score (nSPS) is 17.6. The Bertz CT molecular complexity index is 3810. The van der Waals surface area contributed by atoms with E-state index < -0.39 is 59.4 Å². The summed E-state index contributed by atoms with van der Waals surface area (Å²) in [6.45, 7) is 5.80. The molecule has 2 aromatic heterocycles. The molecule has 8 aromatic rings. The second kappa shape index (κ2) is 24.5. The molecular formula is C64H66F2N8O11. The van der Waals surface area contributed by atoms with Crippen LogP contribution in [0.4, 0.5) is 8.78 Å². The van der Waals surface area contributed by atoms with Gasteiger partial charge in [0.2, 0.25) is 5.78 Å². The highest BCUT2D eigenvalue weighted by atomic mass is 19.1. The number of carbonyl (C=O) groups excluding carboxylic acids is 3. The number of Topliss-reactive ketones (excluding diaryl/α,β-unsaturated/α-hetero) is 2. The number of amides is 1. The molecule has 2 aliphatic carbocycles. The van der Waals surface area contributed by atoms with Gasteiger partial charge in [-0.3, -0.25) is 23.7 Å². The van der Waals surface area contributed by atoms with Crippen LogP contribution in [0.3, 0.4) is 0 Å². The number of nitrogens with two attached hydrogens (primary N) is 1. The van der Waals surface area contributed by atoms with Crippen LogP contribution in [0.15, 0.2) is 122 Å². The van der Waals surface area contributed by atoms with Crippen molar-refractivity contribution in [1.82, 2.24) is 34.7 Å². The highest BCUT2D eigenvalue weighted by Crippen LogP contribution is 2.41. The molecule has 4 fully saturated rings. The fourth-order valence-corrected chi connectivity index (χ4v) is 10.9. The average molecular weight is 1160 g/mol. The number of carboxylic acids is 1. The molecule has 6 aliphatic rings. The van der Waals surface area contributed by atoms with Crippen molar-refractivity contribution < 1.29 is 63.7 Å². The molecule has 0 bridgehead atoms. The average Bonchev–Trinajstić information content (AvgIpc) is 2.18. The van der Waals surface area contributed by atoms with Crippen molar-refractivity contribution in [1.29, 1.82) is 0 Å². The molecule has 442 valence electrons. The number of carboxylic acid groups (broad SMARTS) is 1. The van der Waals surface area contributed by atoms with E-state index in [9.17, 15) is 38.2 Å². The first-order valence-corrected chi connectivity index (χ1v) is 28.8. The van der Waals surface area contributed by atoms with Crippen LogP contribution in [-0.2, 0) is 9.59 Å². The van der Waals surface area contributed by atoms with Crippen LogP contribution in [0, 0.1) is 11.6 Å². The van der Waals surface area contributed by atoms with Gasteiger partial charge >= 0.3 is 5.97 Å². The van der Waals surface area contributed by atoms with Gasteiger partial charge in [0.15, 0.2) is 34.6 Å². The van der Waals surface area contributed by atoms with Crippen LogP contribution in [0.1, 0.15) is 96.1 Å². The summed E-state index contributed by atoms with van der Waals surface area (Å²) in [5.74, 6) is -4.38. The van der Waals surface area contributed by atoms with Crippen molar-refractivity contribution >= 4 is 45.2 Å². The van der Waals surface area contributed by atoms with Crippen LogP contribution in [-0.4, -0.2) is 146 Å². The molecular weight excluding hydrogens is 1090 g/mol. The maximum Gasteiger partial charge on any atom is 0.377 e. The number of rotatable bonds is 17. The topological polar surface area (TPSA) is 246 Å². The summed E-state index contributed by atoms with van der Waals surface area (Å²) >= 11 is 0. The molecule has 0 unspecified atom stereocenters. The van der Waals surface area contributed by atoms with E-state index in [2.05, 4.69) is 46.8 Å². The number of likely N-dealkylation sites (tertiary alicyclic amines) is 2. The van der Waals surface area contributed by atoms with Crippen molar-refractivity contribution in [3.8, 4) is 45.3 Å². The molecule has 4 atom stereocenters. The predicted molar refractivity (Wildman–Crippen MR) is 312 cm³/mol. The minimum Gasteiger partial charge on any atom is -0.486 e. The molecule has 4 aliphatic heterocycles. The summed E-state index contributed by atoms with van der Waals surface area (Å²) in [4.78, 5) is 52.7. The molecule has 6 heterocycles. The molecule has 14 rings (SSSR count). The Labute approximate surface area is 488 Å². The zero-order valence-electron chi connectivity index (χ0n) is 46.4. The summed E-state index contributed by atoms with van der Waals surface area (Å²) in [5.41, 5.74) is 13.2. The predicted octanol–water partition coefficient (Wildman–Crippen LogP) is 8.27. The number of hydrogen-bond donors (Lipinski definition) is 5. The van der Waals surface area contributed by atoms with Crippen LogP contribution in [0.25, 0.3) is 44.1 Å². The largest absolute Gasteiger partial charge is 0.486 e. The van der Waals surface area contributed by atoms with Gasteiger partial charge in [0.05, 0.1) is 47.7 Å². The number of hydrogen-bond acceptors (Lipinski definition) is 15. The molecule has 85 heavy (non-hydrogen) atoms. The Balaban J connectivity index is 0.000000147. The van der Waals surface area contributed by atoms with Gasteiger partial charge in [-0.15, -0.1) is 0 Å². The fourth-order valence-electron chi connectivity index (χ4n) is 10.9. The Morgan fingerprint density at radius 3 is 1.46 bits per heavy atom. The minimum atomic E-state index is -1.44. The van der Waals surface area contributed by atoms with Gasteiger partial charge < -0.3 is 55.1 Å². The van der Waals surface area contributed by atoms with Crippen LogP contribution < -0.4 is 30.0 Å². The van der Waals surface area contributed by atoms with Crippen LogP contribution >= 0.6 is 0 Å². The molecule has 21 heteroatoms. The van der Waals surface area contributed by atoms with Crippen molar-refractivity contribution in [2.24, 2.45) is 5.73 Å². The van der Waals surface area contributed by atoms with E-state index in [1.165, 1.54) is 37.5 Å². The number of aliphatic hydroxyl groups excluding tert-OH is 2. The van der Waals surface area contributed by atoms with E-state index >= 15 is 0 Å². The van der Waals surface area contributed by atoms with Crippen LogP contribution in [0.5, 0.6) is 23.0 Å². The van der Waals surface area contributed by atoms with Crippen molar-refractivity contribution in [2.75, 3.05) is 65.7 Å². The Morgan fingerprint density at radius 1 is 0.576 bits per heavy atom. The Morgan fingerprint density at radius 2 is 1.01 bits per heavy atom. The van der Waals surface area contributed by atoms with E-state index in [4.69, 9.17) is 29.8 Å². The number of aliphatic hydroxyl groups is 2. The maximum absolute atomic E-state index is 14.7. The van der Waals surface area contributed by atoms with Gasteiger partial charge in [0.25, 0.3) is 11.7 Å². The number of aromatic nitrogens is 4. The third-order valence-electron chi connectivity index (χ3n) is 16.2. The lowest BCUT2D eigenvalue weighted by molar-refractivity contribution is -0.131. The third kappa shape index (κ3) is 12.6. The molecule has 0 radical (unpaired) electrons. The first-order valence-electron chi connectivity index (χ1n) is 28.8. The number of aliphatic carboxylic acids is 1. The number of ether oxygens (including phenoxy) is 4. The fraction of sp³-hybridized carbons (Fsp3) is 0.344. The lowest BCUT2D eigenvalue weighted by Gasteiger charge is -2.36. The number of nitrogens with one attached hydrogen (secondary N) is 1. The van der Waals surface area contributed by atoms with Gasteiger partial charge in [-0.25, -0.2) is 13.6 Å². The lowest BCUT2D eigenvalue weighted by atomic mass is 9.98. The Hall–Kier alpha value is -8.60. The summed E-state index contributed by atoms with van der Waals surface area (Å²) in [7, 11) is 0. The number of nitrogens with zero attached hydrogens (tertiary/aromatic N) is 6. The van der Waals surface area contributed by atoms with Crippen LogP contribution in [0.2, 0.25) is 0 Å². The number of benzene rings is 6. The summed E-state index contributed by atoms with van der Waals surface area (Å²) in [5, 5.41) is 44.1. The molecule has 2 saturated carbocycles. The van der Waals surface area contributed by atoms with E-state index in [1.54, 1.807) is 42.5 Å². The van der Waals surface area contributed by atoms with Gasteiger partial charge in [-0.05, 0) is 134 Å². The van der Waals surface area contributed by atoms with E-state index in [-0.39, 0.29) is 48.6 Å². The van der Waals surface area contributed by atoms with Gasteiger partial charge in [0.1, 0.15) is 32.5 Å². The van der Waals surface area contributed by atoms with Gasteiger partial charge in [-0.1, -0.05) is 72.8 Å². The molecule has 0 spiro atoms. The Kier molecular flexibility index (Phi) is 16.4. The first kappa shape index (κ1) is 56.9. The molecule has 19 nitrogen and oxygen atoms in total. The summed E-state index contributed by atoms with van der Waals surface area (Å²) in [6, 6.07) is 31.1. The zero-order valence-corrected chi connectivity index (χ0v) is 46.4. The second-order valence-corrected chi connectivity index (χ2v) is 22.3. The van der Waals surface area contributed by atoms with Gasteiger partial charge in [-0.2, -0.15) is 10.2 Å². The summed E-state index contributed by atoms with van der Waals surface area (Å²) in [6.07, 6.45) is 8.39. The van der Waals surface area contributed by atoms with Crippen molar-refractivity contribution in [2.45, 2.75) is 74.9 Å². The van der Waals surface area contributed by atoms with E-state index in [0.717, 1.165) is 89.5 Å². The van der Waals surface area contributed by atoms with E-state index in [0.29, 0.717) is 49.7 Å². The molecule has 6 N–H and O–H groups in total. The molecule has 6 aromatic carbocycles. The molecule has 2 saturated heterocycles. The standard InChI is InChI=1S/C32H31FN4O5.C18H14N2O3.C14H19FN2O3.H2/c33-25-14-23(16-28-31(25)42-13-12-41-28)29(38)26(18-36-10-1-11-36)35-32(40)30(39)20-4-2-19(3-5-20)21-6-7-22-17-34-37(24-8-9-24)27(22)15-21;21-17(18(22)23)12-3-1-11(2-4-12)13-5-6-14-10-19-20(15-7-8-15)16(14)9-13;15-10-6-9(7-12-14(10)20-5-4-19-12)13(18)11(16)8-17-2-1-3-17;/h2-7,14-17,24,26,29,38H,1,8-13,18H2,(H,35,40);1-6,9-10,15H,7-8H2,(H,22,23);6-7,11,13,18H,1-5,8,16H2;1H/t26-,29-;;11-,13-;/m1.1./s1.